The van der Waals surface area contributed by atoms with Crippen LogP contribution in [0.1, 0.15) is 42.2 Å². The molecule has 146 valence electrons. The van der Waals surface area contributed by atoms with Crippen LogP contribution in [0.15, 0.2) is 23.0 Å². The Kier molecular flexibility index (Phi) is 4.47. The molecule has 0 saturated carbocycles. The van der Waals surface area contributed by atoms with Gasteiger partial charge < -0.3 is 14.8 Å². The van der Waals surface area contributed by atoms with E-state index in [2.05, 4.69) is 12.2 Å². The molecule has 1 N–H and O–H groups in total. The number of aryl methyl sites for hydroxylation is 2. The van der Waals surface area contributed by atoms with Crippen molar-refractivity contribution >= 4 is 27.5 Å². The first-order valence-corrected chi connectivity index (χ1v) is 10.7. The largest absolute Gasteiger partial charge is 0.454 e. The first kappa shape index (κ1) is 17.6. The van der Waals surface area contributed by atoms with Crippen LogP contribution in [0, 0.1) is 0 Å². The van der Waals surface area contributed by atoms with Crippen LogP contribution in [0.5, 0.6) is 11.5 Å². The molecular weight excluding hydrogens is 374 g/mol. The van der Waals surface area contributed by atoms with Crippen LogP contribution < -0.4 is 20.3 Å². The van der Waals surface area contributed by atoms with E-state index in [9.17, 15) is 4.79 Å². The van der Waals surface area contributed by atoms with Crippen molar-refractivity contribution in [2.24, 2.45) is 0 Å². The van der Waals surface area contributed by atoms with Gasteiger partial charge in [-0.2, -0.15) is 0 Å². The van der Waals surface area contributed by atoms with E-state index >= 15 is 0 Å². The highest BCUT2D eigenvalue weighted by atomic mass is 32.1. The summed E-state index contributed by atoms with van der Waals surface area (Å²) < 4.78 is 12.6. The number of hydrogen-bond acceptors (Lipinski definition) is 6. The third kappa shape index (κ3) is 2.94. The third-order valence-electron chi connectivity index (χ3n) is 5.41. The summed E-state index contributed by atoms with van der Waals surface area (Å²) >= 11 is 1.69. The fourth-order valence-corrected chi connectivity index (χ4v) is 5.29. The fourth-order valence-electron chi connectivity index (χ4n) is 4.04. The number of benzene rings is 1. The van der Waals surface area contributed by atoms with Crippen LogP contribution in [0.4, 0.5) is 5.95 Å². The number of aromatic nitrogens is 2. The molecule has 1 aliphatic carbocycles. The molecule has 0 radical (unpaired) electrons. The number of thiophene rings is 1. The molecule has 0 spiro atoms. The molecule has 0 amide bonds. The first-order valence-electron chi connectivity index (χ1n) is 9.92. The van der Waals surface area contributed by atoms with Gasteiger partial charge >= 0.3 is 0 Å². The summed E-state index contributed by atoms with van der Waals surface area (Å²) in [4.78, 5) is 20.4. The second-order valence-electron chi connectivity index (χ2n) is 7.32. The Balaban J connectivity index is 1.51. The number of fused-ring (bicyclic) bond motifs is 4. The lowest BCUT2D eigenvalue weighted by atomic mass is 9.97. The van der Waals surface area contributed by atoms with Gasteiger partial charge in [-0.25, -0.2) is 4.98 Å². The zero-order chi connectivity index (χ0) is 19.1. The molecule has 5 rings (SSSR count). The van der Waals surface area contributed by atoms with Gasteiger partial charge in [0, 0.05) is 18.0 Å². The van der Waals surface area contributed by atoms with Gasteiger partial charge in [0.05, 0.1) is 5.39 Å². The lowest BCUT2D eigenvalue weighted by Gasteiger charge is -2.14. The second kappa shape index (κ2) is 7.13. The lowest BCUT2D eigenvalue weighted by molar-refractivity contribution is 0.174. The van der Waals surface area contributed by atoms with E-state index in [1.165, 1.54) is 16.9 Å². The molecule has 2 aliphatic rings. The van der Waals surface area contributed by atoms with E-state index in [4.69, 9.17) is 14.5 Å². The SMILES string of the molecule is CCCn1c(NCc2ccc3c(c2)OCO3)nc2sc3c(c2c1=O)CCCC3. The minimum atomic E-state index is 0.0967. The molecule has 28 heavy (non-hydrogen) atoms. The van der Waals surface area contributed by atoms with Gasteiger partial charge in [-0.1, -0.05) is 13.0 Å². The van der Waals surface area contributed by atoms with Crippen molar-refractivity contribution in [3.63, 3.8) is 0 Å². The van der Waals surface area contributed by atoms with Crippen molar-refractivity contribution in [1.82, 2.24) is 9.55 Å². The average molecular weight is 398 g/mol. The summed E-state index contributed by atoms with van der Waals surface area (Å²) in [6.45, 7) is 3.59. The first-order chi connectivity index (χ1) is 13.7. The van der Waals surface area contributed by atoms with Crippen molar-refractivity contribution < 1.29 is 9.47 Å². The second-order valence-corrected chi connectivity index (χ2v) is 8.41. The van der Waals surface area contributed by atoms with Crippen LogP contribution in [-0.4, -0.2) is 16.3 Å². The van der Waals surface area contributed by atoms with Crippen LogP contribution in [0.25, 0.3) is 10.2 Å². The Hall–Kier alpha value is -2.54. The maximum Gasteiger partial charge on any atom is 0.263 e. The highest BCUT2D eigenvalue weighted by molar-refractivity contribution is 7.18. The zero-order valence-electron chi connectivity index (χ0n) is 15.9. The highest BCUT2D eigenvalue weighted by Gasteiger charge is 2.22. The number of rotatable bonds is 5. The van der Waals surface area contributed by atoms with E-state index in [1.807, 2.05) is 18.2 Å². The van der Waals surface area contributed by atoms with Gasteiger partial charge in [-0.15, -0.1) is 11.3 Å². The molecule has 1 aromatic carbocycles. The smallest absolute Gasteiger partial charge is 0.263 e. The van der Waals surface area contributed by atoms with Crippen molar-refractivity contribution in [3.8, 4) is 11.5 Å². The quantitative estimate of drug-likeness (QED) is 0.703. The van der Waals surface area contributed by atoms with Crippen LogP contribution in [0.2, 0.25) is 0 Å². The number of nitrogens with zero attached hydrogens (tertiary/aromatic N) is 2. The molecule has 3 aromatic rings. The average Bonchev–Trinajstić information content (AvgIpc) is 3.32. The van der Waals surface area contributed by atoms with Gasteiger partial charge in [0.2, 0.25) is 12.7 Å². The van der Waals surface area contributed by atoms with Gasteiger partial charge in [0.15, 0.2) is 11.5 Å². The van der Waals surface area contributed by atoms with E-state index < -0.39 is 0 Å². The van der Waals surface area contributed by atoms with Crippen LogP contribution in [-0.2, 0) is 25.9 Å². The molecule has 1 aliphatic heterocycles. The maximum atomic E-state index is 13.3. The van der Waals surface area contributed by atoms with Crippen LogP contribution in [0.3, 0.4) is 0 Å². The number of anilines is 1. The van der Waals surface area contributed by atoms with E-state index in [1.54, 1.807) is 15.9 Å². The predicted molar refractivity (Wildman–Crippen MR) is 111 cm³/mol. The molecule has 0 unspecified atom stereocenters. The summed E-state index contributed by atoms with van der Waals surface area (Å²) in [7, 11) is 0. The summed E-state index contributed by atoms with van der Waals surface area (Å²) in [5.74, 6) is 2.19. The lowest BCUT2D eigenvalue weighted by Crippen LogP contribution is -2.25. The Morgan fingerprint density at radius 1 is 1.21 bits per heavy atom. The van der Waals surface area contributed by atoms with E-state index in [0.29, 0.717) is 19.0 Å². The van der Waals surface area contributed by atoms with Gasteiger partial charge in [0.25, 0.3) is 5.56 Å². The van der Waals surface area contributed by atoms with Gasteiger partial charge in [-0.3, -0.25) is 9.36 Å². The molecule has 0 saturated heterocycles. The fraction of sp³-hybridized carbons (Fsp3) is 0.429. The maximum absolute atomic E-state index is 13.3. The van der Waals surface area contributed by atoms with Crippen LogP contribution >= 0.6 is 11.3 Å². The molecule has 0 atom stereocenters. The standard InChI is InChI=1S/C21H23N3O3S/c1-2-9-24-20(25)18-14-5-3-4-6-17(14)28-19(18)23-21(24)22-11-13-7-8-15-16(10-13)27-12-26-15/h7-8,10H,2-6,9,11-12H2,1H3,(H,22,23). The van der Waals surface area contributed by atoms with Crippen molar-refractivity contribution in [1.29, 1.82) is 0 Å². The Morgan fingerprint density at radius 2 is 2.07 bits per heavy atom. The topological polar surface area (TPSA) is 65.4 Å². The molecule has 7 heteroatoms. The third-order valence-corrected chi connectivity index (χ3v) is 6.60. The minimum absolute atomic E-state index is 0.0967. The summed E-state index contributed by atoms with van der Waals surface area (Å²) in [5, 5.41) is 4.23. The van der Waals surface area contributed by atoms with E-state index in [-0.39, 0.29) is 12.4 Å². The predicted octanol–water partition coefficient (Wildman–Crippen LogP) is 4.09. The number of nitrogens with one attached hydrogen (secondary N) is 1. The molecule has 6 nitrogen and oxygen atoms in total. The van der Waals surface area contributed by atoms with Crippen molar-refractivity contribution in [2.75, 3.05) is 12.1 Å². The van der Waals surface area contributed by atoms with Gasteiger partial charge in [0.1, 0.15) is 4.83 Å². The summed E-state index contributed by atoms with van der Waals surface area (Å²) in [5.41, 5.74) is 2.41. The Bertz CT molecular complexity index is 1100. The van der Waals surface area contributed by atoms with Crippen molar-refractivity contribution in [3.05, 3.63) is 44.6 Å². The molecule has 3 heterocycles. The summed E-state index contributed by atoms with van der Waals surface area (Å²) in [6, 6.07) is 5.90. The molecule has 0 bridgehead atoms. The minimum Gasteiger partial charge on any atom is -0.454 e. The molecule has 0 fully saturated rings. The molecule has 2 aromatic heterocycles. The Morgan fingerprint density at radius 3 is 2.96 bits per heavy atom. The normalized spacial score (nSPS) is 15.0. The molecular formula is C21H23N3O3S. The van der Waals surface area contributed by atoms with Crippen molar-refractivity contribution in [2.45, 2.75) is 52.1 Å². The zero-order valence-corrected chi connectivity index (χ0v) is 16.7. The number of ether oxygens (including phenoxy) is 2. The highest BCUT2D eigenvalue weighted by Crippen LogP contribution is 2.35. The number of hydrogen-bond donors (Lipinski definition) is 1. The van der Waals surface area contributed by atoms with Gasteiger partial charge in [-0.05, 0) is 55.4 Å². The Labute approximate surface area is 167 Å². The summed E-state index contributed by atoms with van der Waals surface area (Å²) in [6.07, 6.45) is 5.33. The monoisotopic (exact) mass is 397 g/mol. The van der Waals surface area contributed by atoms with E-state index in [0.717, 1.165) is 53.0 Å².